The molecule has 2 rings (SSSR count). The van der Waals surface area contributed by atoms with E-state index in [4.69, 9.17) is 16.3 Å². The SMILES string of the molecule is CC(C)COCCNC(=O)c1cc2ccccc2c(Cl)n1. The minimum atomic E-state index is -0.240. The van der Waals surface area contributed by atoms with E-state index in [2.05, 4.69) is 24.1 Å². The van der Waals surface area contributed by atoms with Crippen molar-refractivity contribution in [3.8, 4) is 0 Å². The highest BCUT2D eigenvalue weighted by atomic mass is 35.5. The van der Waals surface area contributed by atoms with Gasteiger partial charge in [-0.05, 0) is 17.4 Å². The van der Waals surface area contributed by atoms with Crippen LogP contribution in [0.15, 0.2) is 30.3 Å². The number of amides is 1. The molecule has 5 heteroatoms. The molecule has 0 unspecified atom stereocenters. The van der Waals surface area contributed by atoms with Crippen molar-refractivity contribution in [2.75, 3.05) is 19.8 Å². The summed E-state index contributed by atoms with van der Waals surface area (Å²) >= 11 is 6.11. The fourth-order valence-corrected chi connectivity index (χ4v) is 2.18. The molecule has 2 aromatic rings. The van der Waals surface area contributed by atoms with Gasteiger partial charge >= 0.3 is 0 Å². The fraction of sp³-hybridized carbons (Fsp3) is 0.375. The Bertz CT molecular complexity index is 629. The fourth-order valence-electron chi connectivity index (χ4n) is 1.92. The van der Waals surface area contributed by atoms with E-state index < -0.39 is 0 Å². The first-order chi connectivity index (χ1) is 10.1. The summed E-state index contributed by atoms with van der Waals surface area (Å²) in [6.07, 6.45) is 0. The molecule has 112 valence electrons. The summed E-state index contributed by atoms with van der Waals surface area (Å²) in [5, 5.41) is 4.87. The van der Waals surface area contributed by atoms with Crippen LogP contribution in [0.2, 0.25) is 5.15 Å². The number of hydrogen-bond donors (Lipinski definition) is 1. The summed E-state index contributed by atoms with van der Waals surface area (Å²) in [5.41, 5.74) is 0.322. The molecule has 1 N–H and O–H groups in total. The molecule has 1 heterocycles. The molecule has 1 amide bonds. The maximum Gasteiger partial charge on any atom is 0.270 e. The number of nitrogens with one attached hydrogen (secondary N) is 1. The van der Waals surface area contributed by atoms with E-state index in [-0.39, 0.29) is 5.91 Å². The van der Waals surface area contributed by atoms with Gasteiger partial charge in [0.15, 0.2) is 0 Å². The molecule has 0 aliphatic heterocycles. The van der Waals surface area contributed by atoms with E-state index in [0.717, 1.165) is 10.8 Å². The summed E-state index contributed by atoms with van der Waals surface area (Å²) < 4.78 is 5.41. The van der Waals surface area contributed by atoms with Crippen molar-refractivity contribution >= 4 is 28.3 Å². The van der Waals surface area contributed by atoms with Gasteiger partial charge in [-0.15, -0.1) is 0 Å². The van der Waals surface area contributed by atoms with E-state index in [1.807, 2.05) is 24.3 Å². The standard InChI is InChI=1S/C16H19ClN2O2/c1-11(2)10-21-8-7-18-16(20)14-9-12-5-3-4-6-13(12)15(17)19-14/h3-6,9,11H,7-8,10H2,1-2H3,(H,18,20). The second-order valence-corrected chi connectivity index (χ2v) is 5.60. The molecule has 0 saturated carbocycles. The van der Waals surface area contributed by atoms with Crippen molar-refractivity contribution < 1.29 is 9.53 Å². The third kappa shape index (κ3) is 4.41. The van der Waals surface area contributed by atoms with Gasteiger partial charge in [-0.1, -0.05) is 49.7 Å². The van der Waals surface area contributed by atoms with Crippen molar-refractivity contribution in [1.29, 1.82) is 0 Å². The molecule has 0 radical (unpaired) electrons. The van der Waals surface area contributed by atoms with E-state index >= 15 is 0 Å². The Morgan fingerprint density at radius 2 is 2.14 bits per heavy atom. The number of pyridine rings is 1. The molecule has 0 bridgehead atoms. The lowest BCUT2D eigenvalue weighted by Crippen LogP contribution is -2.28. The number of nitrogens with zero attached hydrogens (tertiary/aromatic N) is 1. The van der Waals surface area contributed by atoms with E-state index in [1.165, 1.54) is 0 Å². The van der Waals surface area contributed by atoms with E-state index in [0.29, 0.717) is 36.5 Å². The maximum absolute atomic E-state index is 12.0. The van der Waals surface area contributed by atoms with Gasteiger partial charge in [0.1, 0.15) is 10.8 Å². The van der Waals surface area contributed by atoms with Crippen LogP contribution < -0.4 is 5.32 Å². The average molecular weight is 307 g/mol. The molecule has 1 aromatic carbocycles. The molecule has 0 fully saturated rings. The van der Waals surface area contributed by atoms with Crippen molar-refractivity contribution in [2.45, 2.75) is 13.8 Å². The molecule has 21 heavy (non-hydrogen) atoms. The number of hydrogen-bond acceptors (Lipinski definition) is 3. The minimum absolute atomic E-state index is 0.240. The first-order valence-electron chi connectivity index (χ1n) is 6.99. The zero-order chi connectivity index (χ0) is 15.2. The molecular weight excluding hydrogens is 288 g/mol. The van der Waals surface area contributed by atoms with Crippen LogP contribution in [-0.2, 0) is 4.74 Å². The Labute approximate surface area is 129 Å². The molecule has 0 saturated heterocycles. The Morgan fingerprint density at radius 1 is 1.38 bits per heavy atom. The van der Waals surface area contributed by atoms with Gasteiger partial charge in [-0.2, -0.15) is 0 Å². The summed E-state index contributed by atoms with van der Waals surface area (Å²) in [7, 11) is 0. The van der Waals surface area contributed by atoms with Crippen LogP contribution in [0.25, 0.3) is 10.8 Å². The van der Waals surface area contributed by atoms with Gasteiger partial charge in [0.05, 0.1) is 6.61 Å². The lowest BCUT2D eigenvalue weighted by atomic mass is 10.1. The van der Waals surface area contributed by atoms with Crippen molar-refractivity contribution in [3.63, 3.8) is 0 Å². The van der Waals surface area contributed by atoms with Gasteiger partial charge in [-0.25, -0.2) is 4.98 Å². The summed E-state index contributed by atoms with van der Waals surface area (Å²) in [4.78, 5) is 16.2. The van der Waals surface area contributed by atoms with Crippen LogP contribution in [0.4, 0.5) is 0 Å². The zero-order valence-electron chi connectivity index (χ0n) is 12.2. The Balaban J connectivity index is 1.96. The van der Waals surface area contributed by atoms with Crippen molar-refractivity contribution in [3.05, 3.63) is 41.2 Å². The molecule has 0 spiro atoms. The summed E-state index contributed by atoms with van der Waals surface area (Å²) in [6.45, 7) is 5.80. The van der Waals surface area contributed by atoms with Gasteiger partial charge in [-0.3, -0.25) is 4.79 Å². The number of carbonyl (C=O) groups is 1. The van der Waals surface area contributed by atoms with Crippen LogP contribution >= 0.6 is 11.6 Å². The Kier molecular flexibility index (Phi) is 5.53. The molecule has 0 aliphatic carbocycles. The minimum Gasteiger partial charge on any atom is -0.379 e. The molecular formula is C16H19ClN2O2. The van der Waals surface area contributed by atoms with Crippen LogP contribution in [0, 0.1) is 5.92 Å². The third-order valence-electron chi connectivity index (χ3n) is 2.91. The highest BCUT2D eigenvalue weighted by Crippen LogP contribution is 2.22. The predicted octanol–water partition coefficient (Wildman–Crippen LogP) is 3.29. The lowest BCUT2D eigenvalue weighted by molar-refractivity contribution is 0.0882. The summed E-state index contributed by atoms with van der Waals surface area (Å²) in [6, 6.07) is 9.32. The topological polar surface area (TPSA) is 51.2 Å². The largest absolute Gasteiger partial charge is 0.379 e. The number of ether oxygens (including phenoxy) is 1. The van der Waals surface area contributed by atoms with E-state index in [1.54, 1.807) is 6.07 Å². The van der Waals surface area contributed by atoms with Crippen molar-refractivity contribution in [2.24, 2.45) is 5.92 Å². The smallest absolute Gasteiger partial charge is 0.270 e. The highest BCUT2D eigenvalue weighted by molar-refractivity contribution is 6.34. The quantitative estimate of drug-likeness (QED) is 0.658. The normalized spacial score (nSPS) is 11.0. The predicted molar refractivity (Wildman–Crippen MR) is 84.7 cm³/mol. The Morgan fingerprint density at radius 3 is 2.90 bits per heavy atom. The van der Waals surface area contributed by atoms with Gasteiger partial charge in [0, 0.05) is 18.5 Å². The highest BCUT2D eigenvalue weighted by Gasteiger charge is 2.10. The van der Waals surface area contributed by atoms with Gasteiger partial charge in [0.25, 0.3) is 5.91 Å². The van der Waals surface area contributed by atoms with Crippen molar-refractivity contribution in [1.82, 2.24) is 10.3 Å². The first-order valence-corrected chi connectivity index (χ1v) is 7.37. The second kappa shape index (κ2) is 7.38. The first kappa shape index (κ1) is 15.7. The second-order valence-electron chi connectivity index (χ2n) is 5.24. The number of carbonyl (C=O) groups excluding carboxylic acids is 1. The molecule has 1 aromatic heterocycles. The maximum atomic E-state index is 12.0. The number of benzene rings is 1. The summed E-state index contributed by atoms with van der Waals surface area (Å²) in [5.74, 6) is 0.248. The lowest BCUT2D eigenvalue weighted by Gasteiger charge is -2.08. The number of halogens is 1. The van der Waals surface area contributed by atoms with Gasteiger partial charge in [0.2, 0.25) is 0 Å². The zero-order valence-corrected chi connectivity index (χ0v) is 13.0. The third-order valence-corrected chi connectivity index (χ3v) is 3.20. The van der Waals surface area contributed by atoms with Crippen LogP contribution in [0.3, 0.4) is 0 Å². The van der Waals surface area contributed by atoms with Crippen LogP contribution in [-0.4, -0.2) is 30.6 Å². The Hall–Kier alpha value is -1.65. The molecule has 0 atom stereocenters. The van der Waals surface area contributed by atoms with Crippen LogP contribution in [0.5, 0.6) is 0 Å². The average Bonchev–Trinajstić information content (AvgIpc) is 2.46. The number of rotatable bonds is 6. The van der Waals surface area contributed by atoms with E-state index in [9.17, 15) is 4.79 Å². The number of aromatic nitrogens is 1. The molecule has 0 aliphatic rings. The van der Waals surface area contributed by atoms with Gasteiger partial charge < -0.3 is 10.1 Å². The monoisotopic (exact) mass is 306 g/mol. The van der Waals surface area contributed by atoms with Crippen LogP contribution in [0.1, 0.15) is 24.3 Å². The molecule has 4 nitrogen and oxygen atoms in total. The number of fused-ring (bicyclic) bond motifs is 1.